The van der Waals surface area contributed by atoms with E-state index in [2.05, 4.69) is 5.32 Å². The molecule has 22 heavy (non-hydrogen) atoms. The van der Waals surface area contributed by atoms with E-state index in [4.69, 9.17) is 16.3 Å². The maximum atomic E-state index is 12.2. The molecule has 0 radical (unpaired) electrons. The van der Waals surface area contributed by atoms with Crippen LogP contribution in [0.5, 0.6) is 0 Å². The van der Waals surface area contributed by atoms with Crippen LogP contribution in [0, 0.1) is 10.1 Å². The van der Waals surface area contributed by atoms with Crippen molar-refractivity contribution in [2.75, 3.05) is 13.7 Å². The van der Waals surface area contributed by atoms with Crippen LogP contribution in [0.1, 0.15) is 22.0 Å². The van der Waals surface area contributed by atoms with Crippen molar-refractivity contribution in [1.82, 2.24) is 5.32 Å². The Balaban J connectivity index is 2.12. The largest absolute Gasteiger partial charge is 0.375 e. The highest BCUT2D eigenvalue weighted by molar-refractivity contribution is 7.07. The van der Waals surface area contributed by atoms with Crippen LogP contribution in [-0.4, -0.2) is 24.5 Å². The number of nitro benzene ring substituents is 1. The highest BCUT2D eigenvalue weighted by Gasteiger charge is 2.21. The number of halogens is 1. The van der Waals surface area contributed by atoms with Crippen LogP contribution in [0.3, 0.4) is 0 Å². The standard InChI is InChI=1S/C14H13ClN2O4S/c1-21-13(9-4-5-22-8-9)7-16-14(18)11-6-10(15)2-3-12(11)17(19)20/h2-6,8,13H,7H2,1H3,(H,16,18). The van der Waals surface area contributed by atoms with E-state index in [1.807, 2.05) is 16.8 Å². The maximum absolute atomic E-state index is 12.2. The number of benzene rings is 1. The van der Waals surface area contributed by atoms with Gasteiger partial charge in [0.1, 0.15) is 11.7 Å². The lowest BCUT2D eigenvalue weighted by Gasteiger charge is -2.15. The molecule has 0 saturated carbocycles. The number of nitrogens with one attached hydrogen (secondary N) is 1. The molecule has 0 fully saturated rings. The predicted molar refractivity (Wildman–Crippen MR) is 84.5 cm³/mol. The van der Waals surface area contributed by atoms with Crippen LogP contribution in [0.4, 0.5) is 5.69 Å². The molecule has 1 N–H and O–H groups in total. The number of hydrogen-bond acceptors (Lipinski definition) is 5. The average molecular weight is 341 g/mol. The second kappa shape index (κ2) is 7.35. The zero-order valence-electron chi connectivity index (χ0n) is 11.6. The lowest BCUT2D eigenvalue weighted by Crippen LogP contribution is -2.29. The number of rotatable bonds is 6. The molecule has 2 aromatic rings. The van der Waals surface area contributed by atoms with Gasteiger partial charge in [0.15, 0.2) is 0 Å². The number of thiophene rings is 1. The minimum atomic E-state index is -0.613. The number of amides is 1. The molecule has 116 valence electrons. The molecule has 0 spiro atoms. The molecule has 0 bridgehead atoms. The van der Waals surface area contributed by atoms with Gasteiger partial charge in [-0.3, -0.25) is 14.9 Å². The van der Waals surface area contributed by atoms with Gasteiger partial charge in [0.25, 0.3) is 11.6 Å². The molecular formula is C14H13ClN2O4S. The van der Waals surface area contributed by atoms with E-state index in [1.165, 1.54) is 36.6 Å². The van der Waals surface area contributed by atoms with E-state index >= 15 is 0 Å². The molecule has 0 saturated heterocycles. The van der Waals surface area contributed by atoms with E-state index in [9.17, 15) is 14.9 Å². The first-order valence-corrected chi connectivity index (χ1v) is 7.62. The Bertz CT molecular complexity index is 675. The van der Waals surface area contributed by atoms with Gasteiger partial charge in [0.2, 0.25) is 0 Å². The molecule has 1 aromatic heterocycles. The molecule has 1 atom stereocenters. The number of nitro groups is 1. The van der Waals surface area contributed by atoms with Crippen molar-refractivity contribution in [3.05, 3.63) is 61.3 Å². The summed E-state index contributed by atoms with van der Waals surface area (Å²) in [5.41, 5.74) is 0.581. The van der Waals surface area contributed by atoms with E-state index in [-0.39, 0.29) is 28.9 Å². The fourth-order valence-corrected chi connectivity index (χ4v) is 2.80. The average Bonchev–Trinajstić information content (AvgIpc) is 3.01. The Morgan fingerprint density at radius 1 is 1.50 bits per heavy atom. The quantitative estimate of drug-likeness (QED) is 0.645. The summed E-state index contributed by atoms with van der Waals surface area (Å²) >= 11 is 7.33. The van der Waals surface area contributed by atoms with Gasteiger partial charge in [-0.05, 0) is 34.5 Å². The van der Waals surface area contributed by atoms with E-state index < -0.39 is 10.8 Å². The fourth-order valence-electron chi connectivity index (χ4n) is 1.93. The number of hydrogen-bond donors (Lipinski definition) is 1. The van der Waals surface area contributed by atoms with Crippen LogP contribution in [-0.2, 0) is 4.74 Å². The van der Waals surface area contributed by atoms with E-state index in [0.29, 0.717) is 0 Å². The Labute approximate surface area is 135 Å². The van der Waals surface area contributed by atoms with Gasteiger partial charge in [-0.1, -0.05) is 11.6 Å². The molecule has 0 aliphatic heterocycles. The molecule has 0 aliphatic rings. The lowest BCUT2D eigenvalue weighted by atomic mass is 10.1. The summed E-state index contributed by atoms with van der Waals surface area (Å²) in [6.07, 6.45) is -0.312. The number of carbonyl (C=O) groups excluding carboxylic acids is 1. The third-order valence-corrected chi connectivity index (χ3v) is 3.98. The van der Waals surface area contributed by atoms with Gasteiger partial charge >= 0.3 is 0 Å². The number of methoxy groups -OCH3 is 1. The minimum Gasteiger partial charge on any atom is -0.375 e. The Hall–Kier alpha value is -1.96. The molecule has 6 nitrogen and oxygen atoms in total. The van der Waals surface area contributed by atoms with Gasteiger partial charge in [0.05, 0.1) is 4.92 Å². The Morgan fingerprint density at radius 2 is 2.27 bits per heavy atom. The molecular weight excluding hydrogens is 328 g/mol. The Morgan fingerprint density at radius 3 is 2.86 bits per heavy atom. The van der Waals surface area contributed by atoms with Crippen molar-refractivity contribution in [3.63, 3.8) is 0 Å². The molecule has 1 amide bonds. The zero-order valence-corrected chi connectivity index (χ0v) is 13.2. The van der Waals surface area contributed by atoms with Crippen molar-refractivity contribution in [3.8, 4) is 0 Å². The third kappa shape index (κ3) is 3.82. The third-order valence-electron chi connectivity index (χ3n) is 3.05. The second-order valence-electron chi connectivity index (χ2n) is 4.41. The topological polar surface area (TPSA) is 81.5 Å². The number of ether oxygens (including phenoxy) is 1. The van der Waals surface area contributed by atoms with Crippen molar-refractivity contribution in [2.45, 2.75) is 6.10 Å². The summed E-state index contributed by atoms with van der Waals surface area (Å²) in [6.45, 7) is 0.204. The van der Waals surface area contributed by atoms with Crippen molar-refractivity contribution in [2.24, 2.45) is 0 Å². The monoisotopic (exact) mass is 340 g/mol. The minimum absolute atomic E-state index is 0.0716. The van der Waals surface area contributed by atoms with Crippen LogP contribution >= 0.6 is 22.9 Å². The highest BCUT2D eigenvalue weighted by atomic mass is 35.5. The zero-order chi connectivity index (χ0) is 16.1. The summed E-state index contributed by atoms with van der Waals surface area (Å²) in [5.74, 6) is -0.563. The molecule has 1 aromatic carbocycles. The Kier molecular flexibility index (Phi) is 5.48. The second-order valence-corrected chi connectivity index (χ2v) is 5.63. The molecule has 1 heterocycles. The summed E-state index contributed by atoms with van der Waals surface area (Å²) in [4.78, 5) is 22.5. The van der Waals surface area contributed by atoms with Gasteiger partial charge < -0.3 is 10.1 Å². The first-order valence-electron chi connectivity index (χ1n) is 6.30. The summed E-state index contributed by atoms with van der Waals surface area (Å²) in [6, 6.07) is 5.76. The van der Waals surface area contributed by atoms with Crippen molar-refractivity contribution < 1.29 is 14.5 Å². The highest BCUT2D eigenvalue weighted by Crippen LogP contribution is 2.23. The van der Waals surface area contributed by atoms with Crippen molar-refractivity contribution in [1.29, 1.82) is 0 Å². The fraction of sp³-hybridized carbons (Fsp3) is 0.214. The van der Waals surface area contributed by atoms with Crippen molar-refractivity contribution >= 4 is 34.5 Å². The van der Waals surface area contributed by atoms with Gasteiger partial charge in [-0.15, -0.1) is 0 Å². The normalized spacial score (nSPS) is 11.9. The maximum Gasteiger partial charge on any atom is 0.282 e. The van der Waals surface area contributed by atoms with Gasteiger partial charge in [0, 0.05) is 24.7 Å². The van der Waals surface area contributed by atoms with Crippen LogP contribution in [0.15, 0.2) is 35.0 Å². The molecule has 8 heteroatoms. The lowest BCUT2D eigenvalue weighted by molar-refractivity contribution is -0.385. The molecule has 1 unspecified atom stereocenters. The SMILES string of the molecule is COC(CNC(=O)c1cc(Cl)ccc1[N+](=O)[O-])c1ccsc1. The van der Waals surface area contributed by atoms with Crippen LogP contribution in [0.25, 0.3) is 0 Å². The van der Waals surface area contributed by atoms with Gasteiger partial charge in [-0.25, -0.2) is 0 Å². The molecule has 2 rings (SSSR count). The van der Waals surface area contributed by atoms with Crippen LogP contribution in [0.2, 0.25) is 5.02 Å². The summed E-state index contributed by atoms with van der Waals surface area (Å²) < 4.78 is 5.31. The van der Waals surface area contributed by atoms with Crippen LogP contribution < -0.4 is 5.32 Å². The number of carbonyl (C=O) groups is 1. The van der Waals surface area contributed by atoms with E-state index in [1.54, 1.807) is 0 Å². The molecule has 0 aliphatic carbocycles. The summed E-state index contributed by atoms with van der Waals surface area (Å²) in [7, 11) is 1.54. The van der Waals surface area contributed by atoms with Gasteiger partial charge in [-0.2, -0.15) is 11.3 Å². The smallest absolute Gasteiger partial charge is 0.282 e. The first kappa shape index (κ1) is 16.4. The predicted octanol–water partition coefficient (Wildman–Crippen LogP) is 3.43. The summed E-state index contributed by atoms with van der Waals surface area (Å²) in [5, 5.41) is 17.7. The number of nitrogens with zero attached hydrogens (tertiary/aromatic N) is 1. The van der Waals surface area contributed by atoms with E-state index in [0.717, 1.165) is 5.56 Å². The first-order chi connectivity index (χ1) is 10.5.